The normalized spacial score (nSPS) is 10.9. The largest absolute Gasteiger partial charge is 0.250 e. The summed E-state index contributed by atoms with van der Waals surface area (Å²) in [4.78, 5) is 1.85. The van der Waals surface area contributed by atoms with Crippen LogP contribution in [0.1, 0.15) is 5.56 Å². The zero-order chi connectivity index (χ0) is 15.2. The quantitative estimate of drug-likeness (QED) is 0.295. The summed E-state index contributed by atoms with van der Waals surface area (Å²) in [6, 6.07) is 15.8. The average Bonchev–Trinajstić information content (AvgIpc) is 2.48. The SMILES string of the molecule is Sc1ccccc1CN(S)SSN(S)c1ccccc1S. The highest BCUT2D eigenvalue weighted by Crippen LogP contribution is 2.39. The van der Waals surface area contributed by atoms with Crippen molar-refractivity contribution in [2.24, 2.45) is 0 Å². The lowest BCUT2D eigenvalue weighted by Gasteiger charge is -2.20. The van der Waals surface area contributed by atoms with Crippen LogP contribution in [0.2, 0.25) is 0 Å². The number of thiol groups is 4. The lowest BCUT2D eigenvalue weighted by Crippen LogP contribution is -2.04. The van der Waals surface area contributed by atoms with E-state index >= 15 is 0 Å². The summed E-state index contributed by atoms with van der Waals surface area (Å²) < 4.78 is 3.60. The minimum Gasteiger partial charge on any atom is -0.250 e. The highest BCUT2D eigenvalue weighted by molar-refractivity contribution is 8.78. The fourth-order valence-corrected chi connectivity index (χ4v) is 4.45. The van der Waals surface area contributed by atoms with Crippen LogP contribution in [0, 0.1) is 0 Å². The standard InChI is InChI=1S/C13H14N2S6/c16-12-7-3-1-5-10(12)9-14(18)20-21-15(19)11-6-2-4-8-13(11)17/h1-8,16-19H,9H2. The molecule has 0 spiro atoms. The first-order valence-electron chi connectivity index (χ1n) is 5.93. The molecular formula is C13H14N2S6. The van der Waals surface area contributed by atoms with Crippen molar-refractivity contribution >= 4 is 78.5 Å². The number of hydrogen-bond donors (Lipinski definition) is 4. The first-order valence-corrected chi connectivity index (χ1v) is 9.69. The Kier molecular flexibility index (Phi) is 7.40. The van der Waals surface area contributed by atoms with Crippen LogP contribution in [-0.2, 0) is 6.54 Å². The molecule has 0 saturated carbocycles. The Bertz CT molecular complexity index is 594. The van der Waals surface area contributed by atoms with Crippen molar-refractivity contribution < 1.29 is 0 Å². The molecule has 0 amide bonds. The number of benzene rings is 2. The monoisotopic (exact) mass is 390 g/mol. The molecule has 0 saturated heterocycles. The molecule has 8 heteroatoms. The van der Waals surface area contributed by atoms with E-state index in [0.717, 1.165) is 21.0 Å². The molecule has 21 heavy (non-hydrogen) atoms. The summed E-state index contributed by atoms with van der Waals surface area (Å²) in [5, 5.41) is 0. The van der Waals surface area contributed by atoms with E-state index in [2.05, 4.69) is 50.9 Å². The maximum absolute atomic E-state index is 4.46. The predicted molar refractivity (Wildman–Crippen MR) is 109 cm³/mol. The Morgan fingerprint density at radius 3 is 2.10 bits per heavy atom. The van der Waals surface area contributed by atoms with Crippen molar-refractivity contribution in [3.8, 4) is 0 Å². The van der Waals surface area contributed by atoms with Gasteiger partial charge in [0, 0.05) is 27.3 Å². The minimum atomic E-state index is 0.685. The van der Waals surface area contributed by atoms with Crippen LogP contribution in [-0.4, -0.2) is 3.71 Å². The summed E-state index contributed by atoms with van der Waals surface area (Å²) >= 11 is 17.8. The van der Waals surface area contributed by atoms with Crippen molar-refractivity contribution in [1.82, 2.24) is 3.71 Å². The van der Waals surface area contributed by atoms with E-state index in [0.29, 0.717) is 6.54 Å². The molecule has 0 atom stereocenters. The van der Waals surface area contributed by atoms with Gasteiger partial charge in [-0.3, -0.25) is 0 Å². The molecule has 0 N–H and O–H groups in total. The van der Waals surface area contributed by atoms with Gasteiger partial charge < -0.3 is 0 Å². The van der Waals surface area contributed by atoms with E-state index in [-0.39, 0.29) is 0 Å². The lowest BCUT2D eigenvalue weighted by atomic mass is 10.2. The molecule has 0 aromatic heterocycles. The predicted octanol–water partition coefficient (Wildman–Crippen LogP) is 5.47. The van der Waals surface area contributed by atoms with Crippen LogP contribution in [0.25, 0.3) is 0 Å². The topological polar surface area (TPSA) is 6.48 Å². The fourth-order valence-electron chi connectivity index (χ4n) is 1.55. The second kappa shape index (κ2) is 8.81. The van der Waals surface area contributed by atoms with E-state index in [1.165, 1.54) is 22.0 Å². The molecule has 0 aliphatic carbocycles. The molecule has 0 bridgehead atoms. The minimum absolute atomic E-state index is 0.685. The highest BCUT2D eigenvalue weighted by atomic mass is 33.1. The average molecular weight is 391 g/mol. The van der Waals surface area contributed by atoms with Crippen LogP contribution in [0.3, 0.4) is 0 Å². The van der Waals surface area contributed by atoms with Gasteiger partial charge in [-0.15, -0.1) is 25.3 Å². The van der Waals surface area contributed by atoms with Crippen LogP contribution in [0.4, 0.5) is 5.69 Å². The zero-order valence-corrected chi connectivity index (χ0v) is 16.0. The van der Waals surface area contributed by atoms with Gasteiger partial charge in [0.2, 0.25) is 0 Å². The van der Waals surface area contributed by atoms with Crippen LogP contribution in [0.15, 0.2) is 58.3 Å². The first-order chi connectivity index (χ1) is 10.1. The van der Waals surface area contributed by atoms with Crippen molar-refractivity contribution in [3.05, 3.63) is 54.1 Å². The van der Waals surface area contributed by atoms with Crippen molar-refractivity contribution in [3.63, 3.8) is 0 Å². The summed E-state index contributed by atoms with van der Waals surface area (Å²) in [6.07, 6.45) is 0. The number of hydrogen-bond acceptors (Lipinski definition) is 8. The smallest absolute Gasteiger partial charge is 0.0733 e. The Balaban J connectivity index is 1.88. The lowest BCUT2D eigenvalue weighted by molar-refractivity contribution is 0.744. The first kappa shape index (κ1) is 17.7. The molecule has 0 unspecified atom stereocenters. The van der Waals surface area contributed by atoms with Gasteiger partial charge in [0.15, 0.2) is 0 Å². The molecule has 0 aliphatic rings. The van der Waals surface area contributed by atoms with E-state index in [1.54, 1.807) is 3.71 Å². The third kappa shape index (κ3) is 5.46. The van der Waals surface area contributed by atoms with Gasteiger partial charge in [0.1, 0.15) is 0 Å². The third-order valence-corrected chi connectivity index (χ3v) is 6.79. The second-order valence-electron chi connectivity index (χ2n) is 4.05. The number of para-hydroxylation sites is 1. The summed E-state index contributed by atoms with van der Waals surface area (Å²) in [6.45, 7) is 0.685. The van der Waals surface area contributed by atoms with Crippen molar-refractivity contribution in [1.29, 1.82) is 0 Å². The van der Waals surface area contributed by atoms with Crippen molar-refractivity contribution in [2.75, 3.05) is 3.71 Å². The van der Waals surface area contributed by atoms with Crippen LogP contribution >= 0.6 is 72.8 Å². The van der Waals surface area contributed by atoms with Gasteiger partial charge in [-0.2, -0.15) is 3.71 Å². The molecule has 0 aliphatic heterocycles. The van der Waals surface area contributed by atoms with E-state index < -0.39 is 0 Å². The van der Waals surface area contributed by atoms with E-state index in [1.807, 2.05) is 52.2 Å². The van der Waals surface area contributed by atoms with E-state index in [4.69, 9.17) is 0 Å². The zero-order valence-electron chi connectivity index (χ0n) is 10.8. The number of nitrogens with zero attached hydrogens (tertiary/aromatic N) is 2. The van der Waals surface area contributed by atoms with Crippen LogP contribution < -0.4 is 3.71 Å². The highest BCUT2D eigenvalue weighted by Gasteiger charge is 2.10. The van der Waals surface area contributed by atoms with Crippen molar-refractivity contribution in [2.45, 2.75) is 16.3 Å². The third-order valence-electron chi connectivity index (χ3n) is 2.58. The maximum atomic E-state index is 4.46. The maximum Gasteiger partial charge on any atom is 0.0733 e. The van der Waals surface area contributed by atoms with E-state index in [9.17, 15) is 0 Å². The molecule has 2 aromatic carbocycles. The second-order valence-corrected chi connectivity index (χ2v) is 8.44. The Labute approximate surface area is 155 Å². The molecule has 0 heterocycles. The number of rotatable bonds is 6. The summed E-state index contributed by atoms with van der Waals surface area (Å²) in [5.74, 6) is 0. The molecule has 2 aromatic rings. The molecule has 0 fully saturated rings. The molecule has 0 radical (unpaired) electrons. The molecular weight excluding hydrogens is 377 g/mol. The molecule has 2 nitrogen and oxygen atoms in total. The van der Waals surface area contributed by atoms with Gasteiger partial charge in [-0.05, 0) is 23.8 Å². The van der Waals surface area contributed by atoms with Gasteiger partial charge in [0.25, 0.3) is 0 Å². The molecule has 112 valence electrons. The Hall–Kier alpha value is 0.300. The summed E-state index contributed by atoms with van der Waals surface area (Å²) in [7, 11) is 2.95. The van der Waals surface area contributed by atoms with Gasteiger partial charge >= 0.3 is 0 Å². The fraction of sp³-hybridized carbons (Fsp3) is 0.0769. The molecule has 2 rings (SSSR count). The van der Waals surface area contributed by atoms with Gasteiger partial charge in [-0.25, -0.2) is 3.71 Å². The van der Waals surface area contributed by atoms with Gasteiger partial charge in [0.05, 0.1) is 16.7 Å². The van der Waals surface area contributed by atoms with Crippen LogP contribution in [0.5, 0.6) is 0 Å². The van der Waals surface area contributed by atoms with Gasteiger partial charge in [-0.1, -0.05) is 56.0 Å². The number of anilines is 1. The Morgan fingerprint density at radius 1 is 0.810 bits per heavy atom. The Morgan fingerprint density at radius 2 is 1.43 bits per heavy atom. The summed E-state index contributed by atoms with van der Waals surface area (Å²) in [5.41, 5.74) is 2.07.